The molecule has 0 radical (unpaired) electrons. The van der Waals surface area contributed by atoms with Crippen molar-refractivity contribution >= 4 is 28.7 Å². The first-order valence-electron chi connectivity index (χ1n) is 5.73. The maximum absolute atomic E-state index is 5.85. The van der Waals surface area contributed by atoms with Gasteiger partial charge in [-0.25, -0.2) is 14.5 Å². The van der Waals surface area contributed by atoms with E-state index in [1.165, 1.54) is 0 Å². The number of pyridine rings is 1. The van der Waals surface area contributed by atoms with Crippen molar-refractivity contribution in [2.45, 2.75) is 11.8 Å². The lowest BCUT2D eigenvalue weighted by Crippen LogP contribution is -1.97. The molecule has 3 aromatic heterocycles. The van der Waals surface area contributed by atoms with Crippen LogP contribution >= 0.6 is 23.2 Å². The van der Waals surface area contributed by atoms with E-state index in [9.17, 15) is 0 Å². The molecular formula is C13H10Cl2N4. The van der Waals surface area contributed by atoms with Crippen LogP contribution in [0.25, 0.3) is 16.9 Å². The van der Waals surface area contributed by atoms with E-state index in [-0.39, 0.29) is 0 Å². The molecule has 0 saturated heterocycles. The van der Waals surface area contributed by atoms with Crippen molar-refractivity contribution in [3.63, 3.8) is 0 Å². The van der Waals surface area contributed by atoms with Crippen LogP contribution in [0, 0.1) is 0 Å². The van der Waals surface area contributed by atoms with Crippen molar-refractivity contribution in [1.29, 1.82) is 0 Å². The predicted octanol–water partition coefficient (Wildman–Crippen LogP) is 3.27. The minimum absolute atomic E-state index is 0.332. The molecule has 0 fully saturated rings. The van der Waals surface area contributed by atoms with Gasteiger partial charge in [0.15, 0.2) is 5.82 Å². The third kappa shape index (κ3) is 2.29. The number of aromatic nitrogens is 4. The van der Waals surface area contributed by atoms with Crippen molar-refractivity contribution in [3.8, 4) is 11.4 Å². The van der Waals surface area contributed by atoms with Crippen molar-refractivity contribution in [1.82, 2.24) is 19.6 Å². The summed E-state index contributed by atoms with van der Waals surface area (Å²) in [6.45, 7) is 0. The standard InChI is InChI=1S/C13H10Cl2N4/c14-6-9-5-10(7-15)18-13(17-9)11-8-16-19-4-2-1-3-12(11)19/h1-5,8H,6-7H2. The Hall–Kier alpha value is -1.65. The summed E-state index contributed by atoms with van der Waals surface area (Å²) in [4.78, 5) is 8.87. The van der Waals surface area contributed by atoms with Gasteiger partial charge in [-0.2, -0.15) is 5.10 Å². The van der Waals surface area contributed by atoms with Gasteiger partial charge < -0.3 is 0 Å². The minimum atomic E-state index is 0.332. The summed E-state index contributed by atoms with van der Waals surface area (Å²) in [5, 5.41) is 4.28. The van der Waals surface area contributed by atoms with Crippen molar-refractivity contribution in [2.24, 2.45) is 0 Å². The van der Waals surface area contributed by atoms with Crippen LogP contribution in [-0.2, 0) is 11.8 Å². The maximum atomic E-state index is 5.85. The Morgan fingerprint density at radius 1 is 1.05 bits per heavy atom. The van der Waals surface area contributed by atoms with Gasteiger partial charge in [0, 0.05) is 6.20 Å². The summed E-state index contributed by atoms with van der Waals surface area (Å²) >= 11 is 11.7. The van der Waals surface area contributed by atoms with Gasteiger partial charge in [0.2, 0.25) is 0 Å². The van der Waals surface area contributed by atoms with Crippen LogP contribution < -0.4 is 0 Å². The molecule has 0 unspecified atom stereocenters. The summed E-state index contributed by atoms with van der Waals surface area (Å²) in [6.07, 6.45) is 3.63. The molecule has 96 valence electrons. The zero-order chi connectivity index (χ0) is 13.2. The molecule has 0 bridgehead atoms. The number of rotatable bonds is 3. The average Bonchev–Trinajstić information content (AvgIpc) is 2.90. The summed E-state index contributed by atoms with van der Waals surface area (Å²) in [5.41, 5.74) is 3.35. The first kappa shape index (κ1) is 12.4. The summed E-state index contributed by atoms with van der Waals surface area (Å²) in [7, 11) is 0. The number of hydrogen-bond donors (Lipinski definition) is 0. The van der Waals surface area contributed by atoms with Gasteiger partial charge in [0.25, 0.3) is 0 Å². The molecule has 0 saturated carbocycles. The molecule has 0 aliphatic rings. The monoisotopic (exact) mass is 292 g/mol. The minimum Gasteiger partial charge on any atom is -0.240 e. The number of halogens is 2. The van der Waals surface area contributed by atoms with E-state index in [0.717, 1.165) is 22.5 Å². The Kier molecular flexibility index (Phi) is 3.36. The quantitative estimate of drug-likeness (QED) is 0.696. The molecule has 0 aliphatic carbocycles. The number of nitrogens with zero attached hydrogens (tertiary/aromatic N) is 4. The fraction of sp³-hybridized carbons (Fsp3) is 0.154. The maximum Gasteiger partial charge on any atom is 0.163 e. The smallest absolute Gasteiger partial charge is 0.163 e. The van der Waals surface area contributed by atoms with E-state index in [4.69, 9.17) is 23.2 Å². The Balaban J connectivity index is 2.20. The second-order valence-corrected chi connectivity index (χ2v) is 4.56. The largest absolute Gasteiger partial charge is 0.240 e. The Morgan fingerprint density at radius 3 is 2.47 bits per heavy atom. The molecule has 6 heteroatoms. The van der Waals surface area contributed by atoms with Crippen LogP contribution in [0.5, 0.6) is 0 Å². The topological polar surface area (TPSA) is 43.1 Å². The number of alkyl halides is 2. The summed E-state index contributed by atoms with van der Waals surface area (Å²) < 4.78 is 1.78. The lowest BCUT2D eigenvalue weighted by atomic mass is 10.2. The lowest BCUT2D eigenvalue weighted by Gasteiger charge is -2.03. The molecule has 3 heterocycles. The van der Waals surface area contributed by atoms with Gasteiger partial charge >= 0.3 is 0 Å². The highest BCUT2D eigenvalue weighted by Crippen LogP contribution is 2.22. The molecule has 0 aliphatic heterocycles. The van der Waals surface area contributed by atoms with Gasteiger partial charge in [0.05, 0.1) is 40.4 Å². The van der Waals surface area contributed by atoms with Crippen molar-refractivity contribution < 1.29 is 0 Å². The molecule has 0 aromatic carbocycles. The molecule has 0 N–H and O–H groups in total. The Morgan fingerprint density at radius 2 is 1.79 bits per heavy atom. The predicted molar refractivity (Wildman–Crippen MR) is 75.3 cm³/mol. The van der Waals surface area contributed by atoms with Crippen LogP contribution in [0.15, 0.2) is 36.7 Å². The highest BCUT2D eigenvalue weighted by atomic mass is 35.5. The fourth-order valence-electron chi connectivity index (χ4n) is 1.92. The zero-order valence-corrected chi connectivity index (χ0v) is 11.4. The summed E-state index contributed by atoms with van der Waals surface area (Å²) in [6, 6.07) is 7.66. The van der Waals surface area contributed by atoms with E-state index < -0.39 is 0 Å². The van der Waals surface area contributed by atoms with Crippen LogP contribution in [0.1, 0.15) is 11.4 Å². The third-order valence-electron chi connectivity index (χ3n) is 2.77. The average molecular weight is 293 g/mol. The van der Waals surface area contributed by atoms with Gasteiger partial charge in [0.1, 0.15) is 0 Å². The first-order valence-corrected chi connectivity index (χ1v) is 6.80. The summed E-state index contributed by atoms with van der Waals surface area (Å²) in [5.74, 6) is 1.27. The van der Waals surface area contributed by atoms with Gasteiger partial charge in [-0.15, -0.1) is 23.2 Å². The van der Waals surface area contributed by atoms with Crippen molar-refractivity contribution in [2.75, 3.05) is 0 Å². The van der Waals surface area contributed by atoms with Gasteiger partial charge in [-0.1, -0.05) is 6.07 Å². The first-order chi connectivity index (χ1) is 9.31. The second kappa shape index (κ2) is 5.15. The lowest BCUT2D eigenvalue weighted by molar-refractivity contribution is 0.961. The van der Waals surface area contributed by atoms with Crippen LogP contribution in [0.2, 0.25) is 0 Å². The molecule has 4 nitrogen and oxygen atoms in total. The molecule has 0 atom stereocenters. The molecule has 3 rings (SSSR count). The highest BCUT2D eigenvalue weighted by Gasteiger charge is 2.11. The van der Waals surface area contributed by atoms with E-state index >= 15 is 0 Å². The number of fused-ring (bicyclic) bond motifs is 1. The van der Waals surface area contributed by atoms with Crippen LogP contribution in [0.4, 0.5) is 0 Å². The Bertz CT molecular complexity index is 701. The zero-order valence-electron chi connectivity index (χ0n) is 9.92. The normalized spacial score (nSPS) is 11.1. The SMILES string of the molecule is ClCc1cc(CCl)nc(-c2cnn3ccccc23)n1. The highest BCUT2D eigenvalue weighted by molar-refractivity contribution is 6.17. The molecule has 0 amide bonds. The van der Waals surface area contributed by atoms with Crippen LogP contribution in [0.3, 0.4) is 0 Å². The van der Waals surface area contributed by atoms with Gasteiger partial charge in [-0.05, 0) is 18.2 Å². The Labute approximate surface area is 120 Å². The van der Waals surface area contributed by atoms with E-state index in [1.54, 1.807) is 10.7 Å². The van der Waals surface area contributed by atoms with Crippen LogP contribution in [-0.4, -0.2) is 19.6 Å². The molecular weight excluding hydrogens is 283 g/mol. The molecule has 0 spiro atoms. The molecule has 3 aromatic rings. The van der Waals surface area contributed by atoms with E-state index in [1.807, 2.05) is 30.5 Å². The fourth-order valence-corrected chi connectivity index (χ4v) is 2.19. The van der Waals surface area contributed by atoms with Crippen molar-refractivity contribution in [3.05, 3.63) is 48.0 Å². The third-order valence-corrected chi connectivity index (χ3v) is 3.32. The van der Waals surface area contributed by atoms with E-state index in [0.29, 0.717) is 17.6 Å². The number of hydrogen-bond acceptors (Lipinski definition) is 3. The van der Waals surface area contributed by atoms with Gasteiger partial charge in [-0.3, -0.25) is 0 Å². The van der Waals surface area contributed by atoms with E-state index in [2.05, 4.69) is 15.1 Å². The second-order valence-electron chi connectivity index (χ2n) is 4.03. The molecule has 19 heavy (non-hydrogen) atoms.